The van der Waals surface area contributed by atoms with Gasteiger partial charge < -0.3 is 25.4 Å². The number of aromatic nitrogens is 1. The second kappa shape index (κ2) is 10.0. The molecule has 1 aromatic heterocycles. The van der Waals surface area contributed by atoms with Crippen LogP contribution in [0, 0.1) is 0 Å². The van der Waals surface area contributed by atoms with Crippen molar-refractivity contribution in [1.82, 2.24) is 15.6 Å². The summed E-state index contributed by atoms with van der Waals surface area (Å²) >= 11 is 0. The number of hydrogen-bond donors (Lipinski definition) is 3. The largest absolute Gasteiger partial charge is 0.497 e. The highest BCUT2D eigenvalue weighted by molar-refractivity contribution is 5.88. The van der Waals surface area contributed by atoms with E-state index >= 15 is 0 Å². The Balaban J connectivity index is 1.79. The Morgan fingerprint density at radius 3 is 2.48 bits per heavy atom. The van der Waals surface area contributed by atoms with Gasteiger partial charge in [0.2, 0.25) is 5.88 Å². The summed E-state index contributed by atoms with van der Waals surface area (Å²) in [6.07, 6.45) is 1.46. The first-order valence-corrected chi connectivity index (χ1v) is 8.58. The second-order valence-electron chi connectivity index (χ2n) is 5.72. The molecule has 144 valence electrons. The second-order valence-corrected chi connectivity index (χ2v) is 5.72. The SMILES string of the molecule is CCNC(=O)Nc1ccc(OCC(=O)N[C@H](C)c2ccc(OC)cc2)nc1. The van der Waals surface area contributed by atoms with Gasteiger partial charge in [0.15, 0.2) is 6.61 Å². The Morgan fingerprint density at radius 1 is 1.15 bits per heavy atom. The molecule has 3 amide bonds. The van der Waals surface area contributed by atoms with Crippen LogP contribution in [0.2, 0.25) is 0 Å². The van der Waals surface area contributed by atoms with Crippen molar-refractivity contribution in [1.29, 1.82) is 0 Å². The molecule has 0 spiro atoms. The molecule has 0 saturated heterocycles. The number of pyridine rings is 1. The van der Waals surface area contributed by atoms with Crippen LogP contribution in [-0.2, 0) is 4.79 Å². The number of amides is 3. The van der Waals surface area contributed by atoms with Crippen LogP contribution in [0.25, 0.3) is 0 Å². The van der Waals surface area contributed by atoms with E-state index in [9.17, 15) is 9.59 Å². The molecule has 1 atom stereocenters. The quantitative estimate of drug-likeness (QED) is 0.661. The van der Waals surface area contributed by atoms with Crippen LogP contribution in [0.15, 0.2) is 42.6 Å². The third-order valence-electron chi connectivity index (χ3n) is 3.68. The number of hydrogen-bond acceptors (Lipinski definition) is 5. The molecular weight excluding hydrogens is 348 g/mol. The fourth-order valence-corrected chi connectivity index (χ4v) is 2.27. The van der Waals surface area contributed by atoms with Gasteiger partial charge in [0, 0.05) is 12.6 Å². The van der Waals surface area contributed by atoms with Crippen molar-refractivity contribution in [2.24, 2.45) is 0 Å². The summed E-state index contributed by atoms with van der Waals surface area (Å²) < 4.78 is 10.5. The van der Waals surface area contributed by atoms with Crippen molar-refractivity contribution in [3.63, 3.8) is 0 Å². The summed E-state index contributed by atoms with van der Waals surface area (Å²) in [4.78, 5) is 27.5. The van der Waals surface area contributed by atoms with Crippen LogP contribution in [0.5, 0.6) is 11.6 Å². The summed E-state index contributed by atoms with van der Waals surface area (Å²) in [6, 6.07) is 10.2. The number of anilines is 1. The smallest absolute Gasteiger partial charge is 0.319 e. The molecule has 0 saturated carbocycles. The van der Waals surface area contributed by atoms with E-state index in [0.717, 1.165) is 11.3 Å². The number of rotatable bonds is 8. The number of methoxy groups -OCH3 is 1. The molecule has 0 aliphatic carbocycles. The van der Waals surface area contributed by atoms with Crippen LogP contribution >= 0.6 is 0 Å². The van der Waals surface area contributed by atoms with E-state index in [2.05, 4.69) is 20.9 Å². The molecule has 3 N–H and O–H groups in total. The van der Waals surface area contributed by atoms with Crippen LogP contribution in [0.4, 0.5) is 10.5 Å². The van der Waals surface area contributed by atoms with Crippen LogP contribution in [-0.4, -0.2) is 37.2 Å². The average molecular weight is 372 g/mol. The van der Waals surface area contributed by atoms with Gasteiger partial charge in [0.25, 0.3) is 5.91 Å². The molecule has 0 fully saturated rings. The van der Waals surface area contributed by atoms with Crippen LogP contribution in [0.3, 0.4) is 0 Å². The number of benzene rings is 1. The normalized spacial score (nSPS) is 11.2. The lowest BCUT2D eigenvalue weighted by Crippen LogP contribution is -2.31. The number of carbonyl (C=O) groups excluding carboxylic acids is 2. The molecule has 2 aromatic rings. The predicted octanol–water partition coefficient (Wildman–Crippen LogP) is 2.49. The Labute approximate surface area is 158 Å². The molecule has 0 aliphatic heterocycles. The Bertz CT molecular complexity index is 747. The Hall–Kier alpha value is -3.29. The fourth-order valence-electron chi connectivity index (χ4n) is 2.27. The van der Waals surface area contributed by atoms with E-state index in [-0.39, 0.29) is 24.6 Å². The van der Waals surface area contributed by atoms with Crippen molar-refractivity contribution in [3.05, 3.63) is 48.2 Å². The standard InChI is InChI=1S/C19H24N4O4/c1-4-20-19(25)23-15-7-10-18(21-11-15)27-12-17(24)22-13(2)14-5-8-16(26-3)9-6-14/h5-11,13H,4,12H2,1-3H3,(H,22,24)(H2,20,23,25)/t13-/m1/s1. The maximum Gasteiger partial charge on any atom is 0.319 e. The lowest BCUT2D eigenvalue weighted by atomic mass is 10.1. The zero-order valence-corrected chi connectivity index (χ0v) is 15.6. The third kappa shape index (κ3) is 6.50. The molecule has 27 heavy (non-hydrogen) atoms. The van der Waals surface area contributed by atoms with Gasteiger partial charge in [-0.05, 0) is 37.6 Å². The predicted molar refractivity (Wildman–Crippen MR) is 102 cm³/mol. The first-order chi connectivity index (χ1) is 13.0. The lowest BCUT2D eigenvalue weighted by molar-refractivity contribution is -0.123. The molecule has 8 nitrogen and oxygen atoms in total. The highest BCUT2D eigenvalue weighted by atomic mass is 16.5. The van der Waals surface area contributed by atoms with Gasteiger partial charge in [0.1, 0.15) is 5.75 Å². The minimum Gasteiger partial charge on any atom is -0.497 e. The summed E-state index contributed by atoms with van der Waals surface area (Å²) in [5.74, 6) is 0.796. The van der Waals surface area contributed by atoms with Crippen LogP contribution < -0.4 is 25.4 Å². The van der Waals surface area contributed by atoms with E-state index in [1.807, 2.05) is 38.1 Å². The summed E-state index contributed by atoms with van der Waals surface area (Å²) in [5.41, 5.74) is 1.49. The molecule has 1 aromatic carbocycles. The van der Waals surface area contributed by atoms with Crippen molar-refractivity contribution in [3.8, 4) is 11.6 Å². The molecule has 8 heteroatoms. The molecule has 0 unspecified atom stereocenters. The fraction of sp³-hybridized carbons (Fsp3) is 0.316. The Kier molecular flexibility index (Phi) is 7.42. The third-order valence-corrected chi connectivity index (χ3v) is 3.68. The van der Waals surface area contributed by atoms with Gasteiger partial charge >= 0.3 is 6.03 Å². The highest BCUT2D eigenvalue weighted by Gasteiger charge is 2.11. The van der Waals surface area contributed by atoms with Gasteiger partial charge in [-0.3, -0.25) is 4.79 Å². The summed E-state index contributed by atoms with van der Waals surface area (Å²) in [7, 11) is 1.61. The van der Waals surface area contributed by atoms with Crippen molar-refractivity contribution < 1.29 is 19.1 Å². The maximum absolute atomic E-state index is 12.1. The molecule has 1 heterocycles. The molecule has 0 radical (unpaired) electrons. The van der Waals surface area contributed by atoms with Crippen LogP contribution in [0.1, 0.15) is 25.5 Å². The van der Waals surface area contributed by atoms with E-state index in [1.54, 1.807) is 19.2 Å². The molecule has 0 bridgehead atoms. The van der Waals surface area contributed by atoms with E-state index in [1.165, 1.54) is 6.20 Å². The first-order valence-electron chi connectivity index (χ1n) is 8.58. The average Bonchev–Trinajstić information content (AvgIpc) is 2.67. The van der Waals surface area contributed by atoms with Gasteiger partial charge in [-0.1, -0.05) is 12.1 Å². The van der Waals surface area contributed by atoms with Crippen molar-refractivity contribution in [2.45, 2.75) is 19.9 Å². The zero-order chi connectivity index (χ0) is 19.6. The van der Waals surface area contributed by atoms with Gasteiger partial charge in [0.05, 0.1) is 25.0 Å². The maximum atomic E-state index is 12.1. The van der Waals surface area contributed by atoms with E-state index < -0.39 is 0 Å². The van der Waals surface area contributed by atoms with Crippen molar-refractivity contribution in [2.75, 3.05) is 25.6 Å². The minimum atomic E-state index is -0.306. The van der Waals surface area contributed by atoms with Gasteiger partial charge in [-0.2, -0.15) is 0 Å². The zero-order valence-electron chi connectivity index (χ0n) is 15.6. The number of nitrogens with one attached hydrogen (secondary N) is 3. The number of ether oxygens (including phenoxy) is 2. The van der Waals surface area contributed by atoms with Gasteiger partial charge in [-0.15, -0.1) is 0 Å². The lowest BCUT2D eigenvalue weighted by Gasteiger charge is -2.15. The minimum absolute atomic E-state index is 0.156. The summed E-state index contributed by atoms with van der Waals surface area (Å²) in [5, 5.41) is 8.11. The molecule has 0 aliphatic rings. The van der Waals surface area contributed by atoms with Gasteiger partial charge in [-0.25, -0.2) is 9.78 Å². The van der Waals surface area contributed by atoms with Crippen molar-refractivity contribution >= 4 is 17.6 Å². The van der Waals surface area contributed by atoms with E-state index in [0.29, 0.717) is 18.1 Å². The topological polar surface area (TPSA) is 102 Å². The highest BCUT2D eigenvalue weighted by Crippen LogP contribution is 2.17. The number of urea groups is 1. The summed E-state index contributed by atoms with van der Waals surface area (Å²) in [6.45, 7) is 4.09. The molecular formula is C19H24N4O4. The Morgan fingerprint density at radius 2 is 1.89 bits per heavy atom. The molecule has 2 rings (SSSR count). The number of carbonyl (C=O) groups is 2. The first kappa shape index (κ1) is 20.0. The number of nitrogens with zero attached hydrogens (tertiary/aromatic N) is 1. The monoisotopic (exact) mass is 372 g/mol. The van der Waals surface area contributed by atoms with E-state index in [4.69, 9.17) is 9.47 Å².